The number of benzene rings is 3. The molecule has 6 heteroatoms. The monoisotopic (exact) mass is 444 g/mol. The lowest BCUT2D eigenvalue weighted by atomic mass is 10.0. The van der Waals surface area contributed by atoms with Crippen LogP contribution in [0, 0.1) is 0 Å². The van der Waals surface area contributed by atoms with Crippen molar-refractivity contribution >= 4 is 17.5 Å². The number of ether oxygens (including phenoxy) is 2. The Morgan fingerprint density at radius 1 is 0.939 bits per heavy atom. The van der Waals surface area contributed by atoms with Gasteiger partial charge in [-0.3, -0.25) is 9.59 Å². The zero-order valence-corrected chi connectivity index (χ0v) is 19.2. The minimum Gasteiger partial charge on any atom is -0.497 e. The molecule has 0 atom stereocenters. The largest absolute Gasteiger partial charge is 0.497 e. The van der Waals surface area contributed by atoms with Crippen molar-refractivity contribution < 1.29 is 19.1 Å². The number of nitrogens with zero attached hydrogens (tertiary/aromatic N) is 1. The topological polar surface area (TPSA) is 67.9 Å². The molecule has 3 aromatic carbocycles. The van der Waals surface area contributed by atoms with Crippen LogP contribution in [-0.4, -0.2) is 32.6 Å². The second kappa shape index (κ2) is 9.77. The fraction of sp³-hybridized carbons (Fsp3) is 0.259. The Kier molecular flexibility index (Phi) is 6.63. The maximum atomic E-state index is 12.7. The first kappa shape index (κ1) is 22.4. The summed E-state index contributed by atoms with van der Waals surface area (Å²) >= 11 is 0. The highest BCUT2D eigenvalue weighted by molar-refractivity contribution is 5.96. The number of fused-ring (bicyclic) bond motifs is 1. The predicted octanol–water partition coefficient (Wildman–Crippen LogP) is 4.60. The van der Waals surface area contributed by atoms with E-state index >= 15 is 0 Å². The third-order valence-corrected chi connectivity index (χ3v) is 5.99. The van der Waals surface area contributed by atoms with Crippen molar-refractivity contribution in [2.24, 2.45) is 0 Å². The van der Waals surface area contributed by atoms with Crippen LogP contribution in [0.15, 0.2) is 60.7 Å². The van der Waals surface area contributed by atoms with Crippen LogP contribution >= 0.6 is 0 Å². The summed E-state index contributed by atoms with van der Waals surface area (Å²) in [4.78, 5) is 26.6. The first-order valence-electron chi connectivity index (χ1n) is 11.1. The van der Waals surface area contributed by atoms with Gasteiger partial charge in [0, 0.05) is 42.4 Å². The van der Waals surface area contributed by atoms with E-state index in [1.807, 2.05) is 60.4 Å². The third kappa shape index (κ3) is 4.70. The van der Waals surface area contributed by atoms with Crippen LogP contribution in [0.5, 0.6) is 11.5 Å². The molecule has 170 valence electrons. The fourth-order valence-corrected chi connectivity index (χ4v) is 4.12. The van der Waals surface area contributed by atoms with E-state index < -0.39 is 0 Å². The van der Waals surface area contributed by atoms with Gasteiger partial charge in [-0.15, -0.1) is 0 Å². The predicted molar refractivity (Wildman–Crippen MR) is 129 cm³/mol. The lowest BCUT2D eigenvalue weighted by Gasteiger charge is -2.16. The third-order valence-electron chi connectivity index (χ3n) is 5.99. The normalized spacial score (nSPS) is 12.3. The number of anilines is 1. The summed E-state index contributed by atoms with van der Waals surface area (Å²) in [7, 11) is 3.20. The second-order valence-electron chi connectivity index (χ2n) is 7.93. The van der Waals surface area contributed by atoms with Gasteiger partial charge in [-0.2, -0.15) is 0 Å². The quantitative estimate of drug-likeness (QED) is 0.578. The standard InChI is InChI=1S/C27H28N2O4/c1-4-26(30)29-14-13-21-15-20(10-12-24(21)29)18-5-7-19(8-6-18)27(31)28-17-22-9-11-23(32-2)16-25(22)33-3/h5-12,15-16H,4,13-14,17H2,1-3H3,(H,28,31). The van der Waals surface area contributed by atoms with E-state index in [1.165, 1.54) is 5.56 Å². The summed E-state index contributed by atoms with van der Waals surface area (Å²) < 4.78 is 10.6. The average molecular weight is 445 g/mol. The molecule has 0 saturated carbocycles. The summed E-state index contributed by atoms with van der Waals surface area (Å²) in [6.45, 7) is 2.98. The molecule has 0 aliphatic carbocycles. The van der Waals surface area contributed by atoms with Gasteiger partial charge < -0.3 is 19.7 Å². The van der Waals surface area contributed by atoms with Crippen LogP contribution < -0.4 is 19.7 Å². The summed E-state index contributed by atoms with van der Waals surface area (Å²) in [6.07, 6.45) is 1.38. The van der Waals surface area contributed by atoms with Gasteiger partial charge in [0.1, 0.15) is 11.5 Å². The number of methoxy groups -OCH3 is 2. The van der Waals surface area contributed by atoms with Gasteiger partial charge in [0.15, 0.2) is 0 Å². The fourth-order valence-electron chi connectivity index (χ4n) is 4.12. The number of rotatable bonds is 7. The minimum atomic E-state index is -0.151. The van der Waals surface area contributed by atoms with Gasteiger partial charge in [0.05, 0.1) is 14.2 Å². The molecular formula is C27H28N2O4. The van der Waals surface area contributed by atoms with Crippen molar-refractivity contribution in [3.05, 3.63) is 77.4 Å². The molecule has 1 aliphatic heterocycles. The molecule has 2 amide bonds. The Morgan fingerprint density at radius 3 is 2.39 bits per heavy atom. The van der Waals surface area contributed by atoms with Crippen molar-refractivity contribution in [1.29, 1.82) is 0 Å². The molecule has 1 heterocycles. The zero-order valence-electron chi connectivity index (χ0n) is 19.2. The molecule has 1 aliphatic rings. The molecule has 0 radical (unpaired) electrons. The number of amides is 2. The smallest absolute Gasteiger partial charge is 0.251 e. The highest BCUT2D eigenvalue weighted by Crippen LogP contribution is 2.33. The SMILES string of the molecule is CCC(=O)N1CCc2cc(-c3ccc(C(=O)NCc4ccc(OC)cc4OC)cc3)ccc21. The van der Waals surface area contributed by atoms with E-state index in [2.05, 4.69) is 11.4 Å². The molecule has 0 bridgehead atoms. The Hall–Kier alpha value is -3.80. The molecular weight excluding hydrogens is 416 g/mol. The molecule has 0 aromatic heterocycles. The Morgan fingerprint density at radius 2 is 1.70 bits per heavy atom. The summed E-state index contributed by atoms with van der Waals surface area (Å²) in [5.41, 5.74) is 5.77. The van der Waals surface area contributed by atoms with Gasteiger partial charge in [0.2, 0.25) is 5.91 Å². The van der Waals surface area contributed by atoms with Crippen LogP contribution in [0.3, 0.4) is 0 Å². The highest BCUT2D eigenvalue weighted by Gasteiger charge is 2.23. The molecule has 0 saturated heterocycles. The van der Waals surface area contributed by atoms with Crippen molar-refractivity contribution in [2.45, 2.75) is 26.3 Å². The summed E-state index contributed by atoms with van der Waals surface area (Å²) in [5.74, 6) is 1.38. The lowest BCUT2D eigenvalue weighted by Crippen LogP contribution is -2.27. The molecule has 6 nitrogen and oxygen atoms in total. The maximum Gasteiger partial charge on any atom is 0.251 e. The first-order valence-corrected chi connectivity index (χ1v) is 11.1. The summed E-state index contributed by atoms with van der Waals surface area (Å²) in [5, 5.41) is 2.94. The van der Waals surface area contributed by atoms with E-state index in [-0.39, 0.29) is 11.8 Å². The number of hydrogen-bond donors (Lipinski definition) is 1. The van der Waals surface area contributed by atoms with E-state index in [0.717, 1.165) is 35.3 Å². The molecule has 33 heavy (non-hydrogen) atoms. The van der Waals surface area contributed by atoms with Crippen LogP contribution in [-0.2, 0) is 17.8 Å². The van der Waals surface area contributed by atoms with E-state index in [9.17, 15) is 9.59 Å². The van der Waals surface area contributed by atoms with Gasteiger partial charge in [-0.1, -0.05) is 25.1 Å². The van der Waals surface area contributed by atoms with Crippen molar-refractivity contribution in [3.63, 3.8) is 0 Å². The Balaban J connectivity index is 1.43. The molecule has 3 aromatic rings. The van der Waals surface area contributed by atoms with Gasteiger partial charge in [-0.05, 0) is 59.5 Å². The number of carbonyl (C=O) groups excluding carboxylic acids is 2. The average Bonchev–Trinajstić information content (AvgIpc) is 3.30. The minimum absolute atomic E-state index is 0.151. The van der Waals surface area contributed by atoms with Crippen LogP contribution in [0.1, 0.15) is 34.8 Å². The number of carbonyl (C=O) groups is 2. The van der Waals surface area contributed by atoms with Crippen molar-refractivity contribution in [3.8, 4) is 22.6 Å². The molecule has 0 fully saturated rings. The van der Waals surface area contributed by atoms with E-state index in [1.54, 1.807) is 20.3 Å². The second-order valence-corrected chi connectivity index (χ2v) is 7.93. The molecule has 1 N–H and O–H groups in total. The van der Waals surface area contributed by atoms with Crippen LogP contribution in [0.4, 0.5) is 5.69 Å². The van der Waals surface area contributed by atoms with E-state index in [4.69, 9.17) is 9.47 Å². The lowest BCUT2D eigenvalue weighted by molar-refractivity contribution is -0.118. The molecule has 0 spiro atoms. The maximum absolute atomic E-state index is 12.7. The summed E-state index contributed by atoms with van der Waals surface area (Å²) in [6, 6.07) is 19.3. The van der Waals surface area contributed by atoms with Crippen LogP contribution in [0.25, 0.3) is 11.1 Å². The number of nitrogens with one attached hydrogen (secondary N) is 1. The zero-order chi connectivity index (χ0) is 23.4. The number of hydrogen-bond acceptors (Lipinski definition) is 4. The first-order chi connectivity index (χ1) is 16.0. The Bertz CT molecular complexity index is 1170. The van der Waals surface area contributed by atoms with Gasteiger partial charge in [-0.25, -0.2) is 0 Å². The van der Waals surface area contributed by atoms with Crippen molar-refractivity contribution in [2.75, 3.05) is 25.7 Å². The molecule has 0 unspecified atom stereocenters. The van der Waals surface area contributed by atoms with Crippen LogP contribution in [0.2, 0.25) is 0 Å². The van der Waals surface area contributed by atoms with Gasteiger partial charge >= 0.3 is 0 Å². The van der Waals surface area contributed by atoms with Crippen molar-refractivity contribution in [1.82, 2.24) is 5.32 Å². The Labute approximate surface area is 194 Å². The van der Waals surface area contributed by atoms with Gasteiger partial charge in [0.25, 0.3) is 5.91 Å². The highest BCUT2D eigenvalue weighted by atomic mass is 16.5. The van der Waals surface area contributed by atoms with E-state index in [0.29, 0.717) is 30.0 Å². The molecule has 4 rings (SSSR count).